The van der Waals surface area contributed by atoms with E-state index in [0.29, 0.717) is 5.69 Å². The Balaban J connectivity index is 1.54. The maximum absolute atomic E-state index is 11.2. The fourth-order valence-electron chi connectivity index (χ4n) is 4.06. The molecule has 4 N–H and O–H groups in total. The molecule has 0 spiro atoms. The van der Waals surface area contributed by atoms with E-state index >= 15 is 0 Å². The van der Waals surface area contributed by atoms with Crippen LogP contribution in [-0.2, 0) is 6.54 Å². The van der Waals surface area contributed by atoms with E-state index in [0.717, 1.165) is 53.3 Å². The average Bonchev–Trinajstić information content (AvgIpc) is 3.48. The maximum Gasteiger partial charge on any atom is 0.316 e. The van der Waals surface area contributed by atoms with Crippen LogP contribution in [0, 0.1) is 13.8 Å². The Hall–Kier alpha value is -4.40. The Labute approximate surface area is 196 Å². The number of anilines is 2. The van der Waals surface area contributed by atoms with Gasteiger partial charge in [-0.1, -0.05) is 12.1 Å². The minimum absolute atomic E-state index is 0.589. The molecule has 0 saturated heterocycles. The van der Waals surface area contributed by atoms with E-state index in [4.69, 9.17) is 15.7 Å². The zero-order valence-corrected chi connectivity index (χ0v) is 19.1. The highest BCUT2D eigenvalue weighted by molar-refractivity contribution is 5.89. The topological polar surface area (TPSA) is 115 Å². The molecule has 0 aliphatic heterocycles. The van der Waals surface area contributed by atoms with Crippen LogP contribution in [0.1, 0.15) is 17.5 Å². The fraction of sp³-hybridized carbons (Fsp3) is 0.200. The molecule has 3 heterocycles. The molecule has 0 atom stereocenters. The van der Waals surface area contributed by atoms with Gasteiger partial charge in [0.15, 0.2) is 11.5 Å². The van der Waals surface area contributed by atoms with Gasteiger partial charge in [0.2, 0.25) is 0 Å². The molecule has 9 nitrogen and oxygen atoms in total. The highest BCUT2D eigenvalue weighted by Crippen LogP contribution is 2.30. The van der Waals surface area contributed by atoms with Gasteiger partial charge in [-0.15, -0.1) is 0 Å². The van der Waals surface area contributed by atoms with Gasteiger partial charge in [0.25, 0.3) is 0 Å². The second-order valence-corrected chi connectivity index (χ2v) is 8.34. The van der Waals surface area contributed by atoms with Crippen LogP contribution in [0.2, 0.25) is 0 Å². The number of carbonyl (C=O) groups is 1. The fourth-order valence-corrected chi connectivity index (χ4v) is 4.06. The third-order valence-electron chi connectivity index (χ3n) is 5.93. The summed E-state index contributed by atoms with van der Waals surface area (Å²) in [4.78, 5) is 24.9. The van der Waals surface area contributed by atoms with Crippen LogP contribution in [0.5, 0.6) is 0 Å². The number of rotatable bonds is 7. The maximum atomic E-state index is 11.2. The van der Waals surface area contributed by atoms with Crippen molar-refractivity contribution in [3.8, 4) is 11.3 Å². The summed E-state index contributed by atoms with van der Waals surface area (Å²) in [7, 11) is 0. The minimum Gasteiger partial charge on any atom is -0.367 e. The van der Waals surface area contributed by atoms with Gasteiger partial charge in [-0.05, 0) is 55.7 Å². The van der Waals surface area contributed by atoms with Gasteiger partial charge in [0, 0.05) is 36.7 Å². The van der Waals surface area contributed by atoms with E-state index in [2.05, 4.69) is 50.6 Å². The van der Waals surface area contributed by atoms with Crippen molar-refractivity contribution in [1.29, 1.82) is 0 Å². The smallest absolute Gasteiger partial charge is 0.316 e. The SMILES string of the molecule is Cc1cc2nc(NCCCn3ccnc3)c3ncc(-c4ccc(NC(N)=O)cc4)n3c2cc1C. The number of imidazole rings is 2. The lowest BCUT2D eigenvalue weighted by molar-refractivity contribution is 0.259. The normalized spacial score (nSPS) is 11.2. The molecule has 0 aliphatic carbocycles. The molecule has 5 aromatic rings. The molecule has 0 fully saturated rings. The standard InChI is InChI=1S/C25H26N8O/c1-16-12-20-21(13-17(16)2)33-22(18-4-6-19(7-5-18)30-25(26)34)14-29-24(33)23(31-20)28-8-3-10-32-11-9-27-15-32/h4-7,9,11-15H,3,8,10H2,1-2H3,(H,28,31)(H3,26,30,34). The number of carbonyl (C=O) groups excluding carboxylic acids is 1. The number of aromatic nitrogens is 5. The van der Waals surface area contributed by atoms with E-state index in [1.165, 1.54) is 11.1 Å². The lowest BCUT2D eigenvalue weighted by Gasteiger charge is -2.13. The number of primary amides is 1. The lowest BCUT2D eigenvalue weighted by atomic mass is 10.1. The van der Waals surface area contributed by atoms with Crippen LogP contribution in [0.15, 0.2) is 61.3 Å². The predicted molar refractivity (Wildman–Crippen MR) is 134 cm³/mol. The first-order valence-electron chi connectivity index (χ1n) is 11.1. The number of urea groups is 1. The number of aryl methyl sites for hydroxylation is 3. The number of nitrogens with two attached hydrogens (primary N) is 1. The van der Waals surface area contributed by atoms with Gasteiger partial charge in [0.1, 0.15) is 0 Å². The van der Waals surface area contributed by atoms with Crippen molar-refractivity contribution < 1.29 is 4.79 Å². The molecule has 0 saturated carbocycles. The summed E-state index contributed by atoms with van der Waals surface area (Å²) in [6, 6.07) is 11.2. The summed E-state index contributed by atoms with van der Waals surface area (Å²) in [5.41, 5.74) is 12.8. The molecule has 172 valence electrons. The summed E-state index contributed by atoms with van der Waals surface area (Å²) in [5.74, 6) is 0.750. The van der Waals surface area contributed by atoms with E-state index in [1.54, 1.807) is 6.20 Å². The zero-order valence-electron chi connectivity index (χ0n) is 19.1. The van der Waals surface area contributed by atoms with Crippen molar-refractivity contribution in [2.75, 3.05) is 17.2 Å². The number of nitrogens with one attached hydrogen (secondary N) is 2. The van der Waals surface area contributed by atoms with Crippen molar-refractivity contribution in [3.63, 3.8) is 0 Å². The van der Waals surface area contributed by atoms with Crippen molar-refractivity contribution in [3.05, 3.63) is 72.4 Å². The first-order chi connectivity index (χ1) is 16.5. The molecule has 0 bridgehead atoms. The zero-order chi connectivity index (χ0) is 23.7. The van der Waals surface area contributed by atoms with Crippen LogP contribution in [0.3, 0.4) is 0 Å². The molecule has 3 aromatic heterocycles. The molecule has 34 heavy (non-hydrogen) atoms. The van der Waals surface area contributed by atoms with Crippen LogP contribution < -0.4 is 16.4 Å². The summed E-state index contributed by atoms with van der Waals surface area (Å²) in [6.07, 6.45) is 8.36. The summed E-state index contributed by atoms with van der Waals surface area (Å²) in [6.45, 7) is 5.83. The highest BCUT2D eigenvalue weighted by atomic mass is 16.2. The minimum atomic E-state index is -0.589. The van der Waals surface area contributed by atoms with Crippen LogP contribution >= 0.6 is 0 Å². The second kappa shape index (κ2) is 8.86. The molecule has 5 rings (SSSR count). The molecule has 0 unspecified atom stereocenters. The third-order valence-corrected chi connectivity index (χ3v) is 5.93. The first-order valence-corrected chi connectivity index (χ1v) is 11.1. The molecule has 2 amide bonds. The van der Waals surface area contributed by atoms with E-state index in [1.807, 2.05) is 43.0 Å². The molecule has 2 aromatic carbocycles. The van der Waals surface area contributed by atoms with Crippen molar-refractivity contribution in [1.82, 2.24) is 23.9 Å². The first kappa shape index (κ1) is 21.4. The Morgan fingerprint density at radius 2 is 1.91 bits per heavy atom. The van der Waals surface area contributed by atoms with Crippen LogP contribution in [-0.4, -0.2) is 36.5 Å². The average molecular weight is 455 g/mol. The van der Waals surface area contributed by atoms with Gasteiger partial charge in [0.05, 0.1) is 29.3 Å². The van der Waals surface area contributed by atoms with E-state index in [-0.39, 0.29) is 0 Å². The number of hydrogen-bond donors (Lipinski definition) is 3. The molecular weight excluding hydrogens is 428 g/mol. The van der Waals surface area contributed by atoms with Crippen LogP contribution in [0.4, 0.5) is 16.3 Å². The van der Waals surface area contributed by atoms with Gasteiger partial charge in [-0.2, -0.15) is 0 Å². The van der Waals surface area contributed by atoms with E-state index in [9.17, 15) is 4.79 Å². The number of benzene rings is 2. The van der Waals surface area contributed by atoms with Gasteiger partial charge >= 0.3 is 6.03 Å². The summed E-state index contributed by atoms with van der Waals surface area (Å²) in [5, 5.41) is 6.08. The predicted octanol–water partition coefficient (Wildman–Crippen LogP) is 4.36. The van der Waals surface area contributed by atoms with Crippen molar-refractivity contribution >= 4 is 34.2 Å². The number of hydrogen-bond acceptors (Lipinski definition) is 5. The largest absolute Gasteiger partial charge is 0.367 e. The Morgan fingerprint density at radius 1 is 1.12 bits per heavy atom. The van der Waals surface area contributed by atoms with Crippen LogP contribution in [0.25, 0.3) is 27.9 Å². The Morgan fingerprint density at radius 3 is 2.65 bits per heavy atom. The number of nitrogens with zero attached hydrogens (tertiary/aromatic N) is 5. The summed E-state index contributed by atoms with van der Waals surface area (Å²) < 4.78 is 4.20. The van der Waals surface area contributed by atoms with Gasteiger partial charge in [-0.3, -0.25) is 4.40 Å². The van der Waals surface area contributed by atoms with Crippen molar-refractivity contribution in [2.24, 2.45) is 5.73 Å². The number of amides is 2. The molecule has 0 radical (unpaired) electrons. The quantitative estimate of drug-likeness (QED) is 0.316. The monoisotopic (exact) mass is 454 g/mol. The second-order valence-electron chi connectivity index (χ2n) is 8.34. The lowest BCUT2D eigenvalue weighted by Crippen LogP contribution is -2.19. The molecule has 9 heteroatoms. The van der Waals surface area contributed by atoms with Gasteiger partial charge in [-0.25, -0.2) is 19.7 Å². The Bertz CT molecular complexity index is 1470. The Kier molecular flexibility index (Phi) is 5.59. The van der Waals surface area contributed by atoms with Crippen molar-refractivity contribution in [2.45, 2.75) is 26.8 Å². The van der Waals surface area contributed by atoms with Gasteiger partial charge < -0.3 is 20.9 Å². The van der Waals surface area contributed by atoms with E-state index < -0.39 is 6.03 Å². The number of fused-ring (bicyclic) bond motifs is 3. The third kappa shape index (κ3) is 4.15. The summed E-state index contributed by atoms with van der Waals surface area (Å²) >= 11 is 0. The highest BCUT2D eigenvalue weighted by Gasteiger charge is 2.16. The molecule has 0 aliphatic rings. The molecular formula is C25H26N8O.